The topological polar surface area (TPSA) is 26.3 Å². The van der Waals surface area contributed by atoms with Gasteiger partial charge in [0.15, 0.2) is 0 Å². The molecule has 1 aromatic carbocycles. The number of hydrogen-bond donors (Lipinski definition) is 0. The molecule has 1 aromatic rings. The summed E-state index contributed by atoms with van der Waals surface area (Å²) >= 11 is 5.60. The highest BCUT2D eigenvalue weighted by Crippen LogP contribution is 2.37. The summed E-state index contributed by atoms with van der Waals surface area (Å²) in [5, 5.41) is -0.260. The lowest BCUT2D eigenvalue weighted by atomic mass is 9.83. The van der Waals surface area contributed by atoms with Crippen molar-refractivity contribution in [1.29, 1.82) is 0 Å². The lowest BCUT2D eigenvalue weighted by Crippen LogP contribution is -2.15. The van der Waals surface area contributed by atoms with E-state index in [-0.39, 0.29) is 11.2 Å². The molecule has 1 aliphatic rings. The lowest BCUT2D eigenvalue weighted by molar-refractivity contribution is -0.113. The third kappa shape index (κ3) is 1.86. The van der Waals surface area contributed by atoms with E-state index in [9.17, 15) is 4.79 Å². The molecule has 0 spiro atoms. The van der Waals surface area contributed by atoms with E-state index in [2.05, 4.69) is 0 Å². The maximum absolute atomic E-state index is 11.3. The second-order valence-electron chi connectivity index (χ2n) is 3.78. The number of fused-ring (bicyclic) bond motifs is 1. The van der Waals surface area contributed by atoms with Gasteiger partial charge in [0, 0.05) is 0 Å². The third-order valence-electron chi connectivity index (χ3n) is 2.96. The Labute approximate surface area is 94.2 Å². The molecule has 0 saturated carbocycles. The van der Waals surface area contributed by atoms with E-state index in [0.717, 1.165) is 36.1 Å². The number of carbonyl (C=O) groups excluding carboxylic acids is 1. The molecule has 0 fully saturated rings. The van der Waals surface area contributed by atoms with Crippen molar-refractivity contribution in [3.63, 3.8) is 0 Å². The number of carbonyl (C=O) groups is 1. The quantitative estimate of drug-likeness (QED) is 0.722. The third-order valence-corrected chi connectivity index (χ3v) is 3.22. The monoisotopic (exact) mass is 224 g/mol. The molecular formula is C12H13ClO2. The van der Waals surface area contributed by atoms with Crippen LogP contribution in [0, 0.1) is 0 Å². The Kier molecular flexibility index (Phi) is 2.96. The first-order chi connectivity index (χ1) is 7.24. The minimum absolute atomic E-state index is 0.148. The first kappa shape index (κ1) is 10.5. The van der Waals surface area contributed by atoms with Crippen molar-refractivity contribution in [2.24, 2.45) is 0 Å². The van der Waals surface area contributed by atoms with Crippen LogP contribution in [0.25, 0.3) is 0 Å². The Morgan fingerprint density at radius 3 is 3.00 bits per heavy atom. The van der Waals surface area contributed by atoms with Crippen molar-refractivity contribution < 1.29 is 9.53 Å². The van der Waals surface area contributed by atoms with Crippen LogP contribution in [0.4, 0.5) is 0 Å². The van der Waals surface area contributed by atoms with Gasteiger partial charge in [-0.15, -0.1) is 0 Å². The van der Waals surface area contributed by atoms with Crippen LogP contribution in [0.1, 0.15) is 29.9 Å². The molecule has 0 unspecified atom stereocenters. The lowest BCUT2D eigenvalue weighted by Gasteiger charge is -2.24. The maximum Gasteiger partial charge on any atom is 0.229 e. The van der Waals surface area contributed by atoms with E-state index in [0.29, 0.717) is 0 Å². The fourth-order valence-corrected chi connectivity index (χ4v) is 2.47. The highest BCUT2D eigenvalue weighted by molar-refractivity contribution is 6.64. The largest absolute Gasteiger partial charge is 0.496 e. The molecule has 1 atom stereocenters. The molecule has 0 radical (unpaired) electrons. The van der Waals surface area contributed by atoms with E-state index in [1.165, 1.54) is 0 Å². The van der Waals surface area contributed by atoms with Gasteiger partial charge in [-0.1, -0.05) is 12.1 Å². The molecule has 0 heterocycles. The van der Waals surface area contributed by atoms with Gasteiger partial charge in [0.1, 0.15) is 5.75 Å². The van der Waals surface area contributed by atoms with Crippen molar-refractivity contribution in [3.05, 3.63) is 29.3 Å². The highest BCUT2D eigenvalue weighted by Gasteiger charge is 2.26. The molecule has 0 amide bonds. The number of hydrogen-bond acceptors (Lipinski definition) is 2. The standard InChI is InChI=1S/C12H13ClO2/c1-15-11-7-3-4-8-9(11)5-2-6-10(8)12(13)14/h3-4,7,10H,2,5-6H2,1H3/t10-/m1/s1. The number of methoxy groups -OCH3 is 1. The smallest absolute Gasteiger partial charge is 0.229 e. The Bertz CT molecular complexity index is 387. The van der Waals surface area contributed by atoms with E-state index in [1.807, 2.05) is 18.2 Å². The summed E-state index contributed by atoms with van der Waals surface area (Å²) < 4.78 is 5.29. The van der Waals surface area contributed by atoms with Gasteiger partial charge in [-0.3, -0.25) is 4.79 Å². The second-order valence-corrected chi connectivity index (χ2v) is 4.15. The first-order valence-corrected chi connectivity index (χ1v) is 5.47. The fraction of sp³-hybridized carbons (Fsp3) is 0.417. The van der Waals surface area contributed by atoms with Crippen molar-refractivity contribution in [2.45, 2.75) is 25.2 Å². The molecule has 2 rings (SSSR count). The Hall–Kier alpha value is -1.02. The number of ether oxygens (including phenoxy) is 1. The van der Waals surface area contributed by atoms with E-state index >= 15 is 0 Å². The molecular weight excluding hydrogens is 212 g/mol. The zero-order chi connectivity index (χ0) is 10.8. The molecule has 2 nitrogen and oxygen atoms in total. The number of rotatable bonds is 2. The summed E-state index contributed by atoms with van der Waals surface area (Å²) in [6.45, 7) is 0. The van der Waals surface area contributed by atoms with E-state index in [1.54, 1.807) is 7.11 Å². The fourth-order valence-electron chi connectivity index (χ4n) is 2.24. The van der Waals surface area contributed by atoms with Crippen LogP contribution in [-0.4, -0.2) is 12.4 Å². The Morgan fingerprint density at radius 2 is 2.33 bits per heavy atom. The van der Waals surface area contributed by atoms with Crippen LogP contribution in [0.15, 0.2) is 18.2 Å². The Balaban J connectivity index is 2.48. The summed E-state index contributed by atoms with van der Waals surface area (Å²) in [6.07, 6.45) is 2.82. The highest BCUT2D eigenvalue weighted by atomic mass is 35.5. The second kappa shape index (κ2) is 4.23. The predicted molar refractivity (Wildman–Crippen MR) is 59.5 cm³/mol. The molecule has 3 heteroatoms. The molecule has 80 valence electrons. The maximum atomic E-state index is 11.3. The summed E-state index contributed by atoms with van der Waals surface area (Å²) in [7, 11) is 1.65. The van der Waals surface area contributed by atoms with Crippen LogP contribution in [0.2, 0.25) is 0 Å². The summed E-state index contributed by atoms with van der Waals surface area (Å²) in [5.41, 5.74) is 2.19. The molecule has 15 heavy (non-hydrogen) atoms. The summed E-state index contributed by atoms with van der Waals surface area (Å²) in [6, 6.07) is 5.82. The zero-order valence-corrected chi connectivity index (χ0v) is 9.38. The minimum Gasteiger partial charge on any atom is -0.496 e. The van der Waals surface area contributed by atoms with Crippen LogP contribution in [0.5, 0.6) is 5.75 Å². The summed E-state index contributed by atoms with van der Waals surface area (Å²) in [4.78, 5) is 11.3. The van der Waals surface area contributed by atoms with Gasteiger partial charge in [0.2, 0.25) is 5.24 Å². The van der Waals surface area contributed by atoms with E-state index < -0.39 is 0 Å². The van der Waals surface area contributed by atoms with Gasteiger partial charge < -0.3 is 4.74 Å². The normalized spacial score (nSPS) is 19.5. The van der Waals surface area contributed by atoms with Crippen LogP contribution in [-0.2, 0) is 11.2 Å². The number of halogens is 1. The average molecular weight is 225 g/mol. The van der Waals surface area contributed by atoms with E-state index in [4.69, 9.17) is 16.3 Å². The van der Waals surface area contributed by atoms with Crippen molar-refractivity contribution in [2.75, 3.05) is 7.11 Å². The van der Waals surface area contributed by atoms with Crippen LogP contribution >= 0.6 is 11.6 Å². The van der Waals surface area contributed by atoms with Gasteiger partial charge in [-0.2, -0.15) is 0 Å². The molecule has 0 saturated heterocycles. The molecule has 0 aromatic heterocycles. The summed E-state index contributed by atoms with van der Waals surface area (Å²) in [5.74, 6) is 0.723. The number of benzene rings is 1. The Morgan fingerprint density at radius 1 is 1.53 bits per heavy atom. The molecule has 1 aliphatic carbocycles. The minimum atomic E-state index is -0.260. The van der Waals surface area contributed by atoms with Gasteiger partial charge in [-0.05, 0) is 48.1 Å². The van der Waals surface area contributed by atoms with Crippen LogP contribution < -0.4 is 4.74 Å². The van der Waals surface area contributed by atoms with Gasteiger partial charge in [0.25, 0.3) is 0 Å². The SMILES string of the molecule is COc1cccc2c1CCC[C@H]2C(=O)Cl. The van der Waals surface area contributed by atoms with Gasteiger partial charge >= 0.3 is 0 Å². The predicted octanol–water partition coefficient (Wildman–Crippen LogP) is 2.88. The van der Waals surface area contributed by atoms with Crippen molar-refractivity contribution >= 4 is 16.8 Å². The van der Waals surface area contributed by atoms with Crippen molar-refractivity contribution in [1.82, 2.24) is 0 Å². The van der Waals surface area contributed by atoms with Crippen molar-refractivity contribution in [3.8, 4) is 5.75 Å². The molecule has 0 aliphatic heterocycles. The van der Waals surface area contributed by atoms with Gasteiger partial charge in [-0.25, -0.2) is 0 Å². The van der Waals surface area contributed by atoms with Crippen LogP contribution in [0.3, 0.4) is 0 Å². The average Bonchev–Trinajstić information content (AvgIpc) is 2.27. The molecule has 0 N–H and O–H groups in total. The molecule has 0 bridgehead atoms. The zero-order valence-electron chi connectivity index (χ0n) is 8.63. The van der Waals surface area contributed by atoms with Gasteiger partial charge in [0.05, 0.1) is 13.0 Å². The first-order valence-electron chi connectivity index (χ1n) is 5.09.